The molecule has 0 heterocycles. The van der Waals surface area contributed by atoms with Crippen molar-refractivity contribution < 1.29 is 13.9 Å². The van der Waals surface area contributed by atoms with Crippen LogP contribution < -0.4 is 15.3 Å². The van der Waals surface area contributed by atoms with Gasteiger partial charge in [-0.15, -0.1) is 0 Å². The Kier molecular flexibility index (Phi) is 5.00. The smallest absolute Gasteiger partial charge is 0.138 e. The molecule has 2 aromatic rings. The van der Waals surface area contributed by atoms with E-state index in [0.29, 0.717) is 11.5 Å². The van der Waals surface area contributed by atoms with Crippen LogP contribution in [0.2, 0.25) is 5.02 Å². The minimum atomic E-state index is -0.411. The van der Waals surface area contributed by atoms with Crippen molar-refractivity contribution in [2.45, 2.75) is 6.61 Å². The van der Waals surface area contributed by atoms with E-state index in [-0.39, 0.29) is 11.6 Å². The Morgan fingerprint density at radius 1 is 1.24 bits per heavy atom. The summed E-state index contributed by atoms with van der Waals surface area (Å²) in [5.74, 6) is 5.79. The molecule has 0 amide bonds. The summed E-state index contributed by atoms with van der Waals surface area (Å²) in [6, 6.07) is 9.43. The first-order chi connectivity index (χ1) is 10.1. The lowest BCUT2D eigenvalue weighted by Crippen LogP contribution is -2.01. The van der Waals surface area contributed by atoms with Crippen molar-refractivity contribution in [2.75, 3.05) is 7.11 Å². The molecule has 4 nitrogen and oxygen atoms in total. The molecule has 6 heteroatoms. The van der Waals surface area contributed by atoms with Crippen LogP contribution in [0.15, 0.2) is 41.5 Å². The predicted molar refractivity (Wildman–Crippen MR) is 80.5 cm³/mol. The zero-order valence-electron chi connectivity index (χ0n) is 11.3. The van der Waals surface area contributed by atoms with Crippen LogP contribution in [0.25, 0.3) is 0 Å². The molecule has 0 spiro atoms. The molecular formula is C15H14ClFN2O2. The number of nitrogens with zero attached hydrogens (tertiary/aromatic N) is 1. The molecule has 0 fully saturated rings. The Bertz CT molecular complexity index is 662. The number of benzene rings is 2. The van der Waals surface area contributed by atoms with E-state index in [2.05, 4.69) is 5.10 Å². The van der Waals surface area contributed by atoms with Gasteiger partial charge < -0.3 is 15.3 Å². The Morgan fingerprint density at radius 3 is 2.67 bits per heavy atom. The molecule has 2 rings (SSSR count). The highest BCUT2D eigenvalue weighted by Gasteiger charge is 2.08. The van der Waals surface area contributed by atoms with Crippen molar-refractivity contribution in [3.63, 3.8) is 0 Å². The Labute approximate surface area is 126 Å². The van der Waals surface area contributed by atoms with Gasteiger partial charge in [-0.1, -0.05) is 11.6 Å². The quantitative estimate of drug-likeness (QED) is 0.523. The highest BCUT2D eigenvalue weighted by Crippen LogP contribution is 2.27. The van der Waals surface area contributed by atoms with Crippen LogP contribution in [-0.4, -0.2) is 13.3 Å². The maximum Gasteiger partial charge on any atom is 0.138 e. The number of halogens is 2. The normalized spacial score (nSPS) is 10.8. The third-order valence-corrected chi connectivity index (χ3v) is 3.10. The standard InChI is InChI=1S/C15H14ClFN2O2/c1-20-14-4-2-10(8-19-18)6-11(14)9-21-15-5-3-12(17)7-13(15)16/h2-8H,9,18H2,1H3. The summed E-state index contributed by atoms with van der Waals surface area (Å²) >= 11 is 5.92. The lowest BCUT2D eigenvalue weighted by molar-refractivity contribution is 0.296. The fourth-order valence-corrected chi connectivity index (χ4v) is 2.05. The van der Waals surface area contributed by atoms with Gasteiger partial charge in [0.1, 0.15) is 23.9 Å². The molecule has 110 valence electrons. The monoisotopic (exact) mass is 308 g/mol. The molecule has 0 aromatic heterocycles. The first kappa shape index (κ1) is 15.1. The van der Waals surface area contributed by atoms with Gasteiger partial charge in [0.05, 0.1) is 18.3 Å². The van der Waals surface area contributed by atoms with Crippen LogP contribution in [0.3, 0.4) is 0 Å². The molecule has 0 atom stereocenters. The third-order valence-electron chi connectivity index (χ3n) is 2.81. The number of hydrogen-bond acceptors (Lipinski definition) is 4. The fourth-order valence-electron chi connectivity index (χ4n) is 1.83. The minimum absolute atomic E-state index is 0.216. The molecule has 2 aromatic carbocycles. The van der Waals surface area contributed by atoms with Crippen molar-refractivity contribution in [2.24, 2.45) is 10.9 Å². The van der Waals surface area contributed by atoms with Crippen molar-refractivity contribution in [1.29, 1.82) is 0 Å². The van der Waals surface area contributed by atoms with E-state index in [0.717, 1.165) is 11.1 Å². The topological polar surface area (TPSA) is 56.8 Å². The van der Waals surface area contributed by atoms with E-state index in [1.54, 1.807) is 13.2 Å². The minimum Gasteiger partial charge on any atom is -0.496 e. The Balaban J connectivity index is 2.20. The largest absolute Gasteiger partial charge is 0.496 e. The lowest BCUT2D eigenvalue weighted by atomic mass is 10.1. The summed E-state index contributed by atoms with van der Waals surface area (Å²) < 4.78 is 23.8. The second-order valence-electron chi connectivity index (χ2n) is 4.21. The molecule has 0 bridgehead atoms. The summed E-state index contributed by atoms with van der Waals surface area (Å²) in [4.78, 5) is 0. The van der Waals surface area contributed by atoms with Gasteiger partial charge >= 0.3 is 0 Å². The van der Waals surface area contributed by atoms with Crippen molar-refractivity contribution >= 4 is 17.8 Å². The molecule has 2 N–H and O–H groups in total. The number of rotatable bonds is 5. The highest BCUT2D eigenvalue weighted by molar-refractivity contribution is 6.32. The van der Waals surface area contributed by atoms with Crippen molar-refractivity contribution in [3.8, 4) is 11.5 Å². The molecule has 0 aliphatic heterocycles. The average molecular weight is 309 g/mol. The zero-order chi connectivity index (χ0) is 15.2. The fraction of sp³-hybridized carbons (Fsp3) is 0.133. The van der Waals surface area contributed by atoms with E-state index in [1.807, 2.05) is 12.1 Å². The van der Waals surface area contributed by atoms with Crippen molar-refractivity contribution in [1.82, 2.24) is 0 Å². The molecule has 0 radical (unpaired) electrons. The van der Waals surface area contributed by atoms with E-state index in [4.69, 9.17) is 26.9 Å². The van der Waals surface area contributed by atoms with Gasteiger partial charge in [0.15, 0.2) is 0 Å². The maximum atomic E-state index is 13.0. The highest BCUT2D eigenvalue weighted by atomic mass is 35.5. The predicted octanol–water partition coefficient (Wildman–Crippen LogP) is 3.36. The third kappa shape index (κ3) is 3.86. The van der Waals surface area contributed by atoms with Crippen LogP contribution in [0.5, 0.6) is 11.5 Å². The zero-order valence-corrected chi connectivity index (χ0v) is 12.1. The second-order valence-corrected chi connectivity index (χ2v) is 4.62. The maximum absolute atomic E-state index is 13.0. The number of hydrazone groups is 1. The van der Waals surface area contributed by atoms with Crippen LogP contribution in [0.1, 0.15) is 11.1 Å². The number of hydrogen-bond donors (Lipinski definition) is 1. The molecular weight excluding hydrogens is 295 g/mol. The molecule has 0 saturated carbocycles. The number of nitrogens with two attached hydrogens (primary N) is 1. The van der Waals surface area contributed by atoms with E-state index >= 15 is 0 Å². The van der Waals surface area contributed by atoms with Gasteiger partial charge in [0, 0.05) is 5.56 Å². The Hall–Kier alpha value is -2.27. The summed E-state index contributed by atoms with van der Waals surface area (Å²) in [6.45, 7) is 0.223. The summed E-state index contributed by atoms with van der Waals surface area (Å²) in [5.41, 5.74) is 1.62. The van der Waals surface area contributed by atoms with Gasteiger partial charge in [-0.05, 0) is 42.0 Å². The second kappa shape index (κ2) is 6.95. The molecule has 21 heavy (non-hydrogen) atoms. The SMILES string of the molecule is COc1ccc(C=NN)cc1COc1ccc(F)cc1Cl. The molecule has 0 aliphatic rings. The summed E-state index contributed by atoms with van der Waals surface area (Å²) in [6.07, 6.45) is 1.52. The summed E-state index contributed by atoms with van der Waals surface area (Å²) in [5, 5.41) is 3.69. The molecule has 0 saturated heterocycles. The summed E-state index contributed by atoms with van der Waals surface area (Å²) in [7, 11) is 1.57. The van der Waals surface area contributed by atoms with Gasteiger partial charge in [0.25, 0.3) is 0 Å². The average Bonchev–Trinajstić information content (AvgIpc) is 2.47. The van der Waals surface area contributed by atoms with Gasteiger partial charge in [-0.2, -0.15) is 5.10 Å². The number of methoxy groups -OCH3 is 1. The van der Waals surface area contributed by atoms with Crippen LogP contribution in [0.4, 0.5) is 4.39 Å². The van der Waals surface area contributed by atoms with Crippen LogP contribution in [0, 0.1) is 5.82 Å². The van der Waals surface area contributed by atoms with Crippen LogP contribution in [-0.2, 0) is 6.61 Å². The lowest BCUT2D eigenvalue weighted by Gasteiger charge is -2.12. The molecule has 0 unspecified atom stereocenters. The van der Waals surface area contributed by atoms with E-state index in [1.165, 1.54) is 24.4 Å². The van der Waals surface area contributed by atoms with Gasteiger partial charge in [-0.3, -0.25) is 0 Å². The number of ether oxygens (including phenoxy) is 2. The van der Waals surface area contributed by atoms with Gasteiger partial charge in [0.2, 0.25) is 0 Å². The van der Waals surface area contributed by atoms with Gasteiger partial charge in [-0.25, -0.2) is 4.39 Å². The first-order valence-corrected chi connectivity index (χ1v) is 6.50. The van der Waals surface area contributed by atoms with E-state index < -0.39 is 5.82 Å². The first-order valence-electron chi connectivity index (χ1n) is 6.12. The van der Waals surface area contributed by atoms with Crippen molar-refractivity contribution in [3.05, 3.63) is 58.4 Å². The van der Waals surface area contributed by atoms with Crippen LogP contribution >= 0.6 is 11.6 Å². The molecule has 0 aliphatic carbocycles. The Morgan fingerprint density at radius 2 is 2.00 bits per heavy atom. The van der Waals surface area contributed by atoms with E-state index in [9.17, 15) is 4.39 Å².